The Bertz CT molecular complexity index is 104. The first-order valence-corrected chi connectivity index (χ1v) is 4.31. The highest BCUT2D eigenvalue weighted by Gasteiger charge is 2.33. The lowest BCUT2D eigenvalue weighted by Crippen LogP contribution is -3.19. The molecule has 2 heteroatoms. The van der Waals surface area contributed by atoms with Crippen LogP contribution in [0.4, 0.5) is 0 Å². The van der Waals surface area contributed by atoms with E-state index in [1.165, 1.54) is 25.9 Å². The van der Waals surface area contributed by atoms with Gasteiger partial charge in [0.2, 0.25) is 0 Å². The topological polar surface area (TPSA) is 32.1 Å². The third-order valence-electron chi connectivity index (χ3n) is 2.79. The van der Waals surface area contributed by atoms with Gasteiger partial charge in [0.05, 0.1) is 13.1 Å². The minimum atomic E-state index is 0.427. The maximum atomic E-state index is 3.98. The number of likely N-dealkylation sites (tertiary alicyclic amines) is 1. The molecule has 0 atom stereocenters. The highest BCUT2D eigenvalue weighted by Crippen LogP contribution is 1.97. The van der Waals surface area contributed by atoms with Gasteiger partial charge in [-0.25, -0.2) is 0 Å². The second-order valence-electron chi connectivity index (χ2n) is 3.94. The normalized spacial score (nSPS) is 21.9. The van der Waals surface area contributed by atoms with Gasteiger partial charge in [0.1, 0.15) is 12.1 Å². The van der Waals surface area contributed by atoms with Crippen LogP contribution in [-0.4, -0.2) is 25.2 Å². The number of rotatable bonds is 2. The lowest BCUT2D eigenvalue weighted by molar-refractivity contribution is -0.943. The van der Waals surface area contributed by atoms with Crippen molar-refractivity contribution in [2.24, 2.45) is 0 Å². The van der Waals surface area contributed by atoms with Gasteiger partial charge in [0, 0.05) is 12.8 Å². The standard InChI is InChI=1S/C8H18N2/c1-8(2,7-9)10-5-3-4-6-10/h3-7,9H2,1-2H3/p+2. The van der Waals surface area contributed by atoms with Crippen molar-refractivity contribution < 1.29 is 10.6 Å². The van der Waals surface area contributed by atoms with E-state index in [0.717, 1.165) is 6.54 Å². The summed E-state index contributed by atoms with van der Waals surface area (Å²) < 4.78 is 0. The molecule has 10 heavy (non-hydrogen) atoms. The summed E-state index contributed by atoms with van der Waals surface area (Å²) in [6, 6.07) is 0. The Hall–Kier alpha value is -0.0800. The summed E-state index contributed by atoms with van der Waals surface area (Å²) >= 11 is 0. The Balaban J connectivity index is 2.45. The van der Waals surface area contributed by atoms with Crippen molar-refractivity contribution in [3.63, 3.8) is 0 Å². The van der Waals surface area contributed by atoms with Crippen LogP contribution in [0, 0.1) is 0 Å². The van der Waals surface area contributed by atoms with Crippen LogP contribution in [0.1, 0.15) is 26.7 Å². The molecule has 0 saturated carbocycles. The maximum absolute atomic E-state index is 3.98. The molecule has 0 aromatic rings. The van der Waals surface area contributed by atoms with Crippen LogP contribution < -0.4 is 10.6 Å². The molecular weight excluding hydrogens is 124 g/mol. The highest BCUT2D eigenvalue weighted by atomic mass is 15.2. The average molecular weight is 144 g/mol. The van der Waals surface area contributed by atoms with Crippen molar-refractivity contribution in [1.29, 1.82) is 0 Å². The van der Waals surface area contributed by atoms with Gasteiger partial charge in [-0.15, -0.1) is 0 Å². The van der Waals surface area contributed by atoms with Crippen molar-refractivity contribution in [2.75, 3.05) is 19.6 Å². The molecule has 0 spiro atoms. The Morgan fingerprint density at radius 1 is 1.30 bits per heavy atom. The molecule has 1 fully saturated rings. The second-order valence-corrected chi connectivity index (χ2v) is 3.94. The van der Waals surface area contributed by atoms with Crippen molar-refractivity contribution in [3.8, 4) is 0 Å². The van der Waals surface area contributed by atoms with E-state index in [-0.39, 0.29) is 0 Å². The lowest BCUT2D eigenvalue weighted by atomic mass is 10.0. The van der Waals surface area contributed by atoms with Crippen LogP contribution in [0.2, 0.25) is 0 Å². The molecule has 1 saturated heterocycles. The summed E-state index contributed by atoms with van der Waals surface area (Å²) in [5, 5.41) is 0. The van der Waals surface area contributed by atoms with Gasteiger partial charge < -0.3 is 10.6 Å². The fourth-order valence-electron chi connectivity index (χ4n) is 1.66. The van der Waals surface area contributed by atoms with E-state index in [1.54, 1.807) is 4.90 Å². The summed E-state index contributed by atoms with van der Waals surface area (Å²) in [5.74, 6) is 0. The first-order chi connectivity index (χ1) is 4.67. The molecule has 4 N–H and O–H groups in total. The summed E-state index contributed by atoms with van der Waals surface area (Å²) in [7, 11) is 0. The molecular formula is C8H20N2+2. The minimum Gasteiger partial charge on any atom is -0.352 e. The fraction of sp³-hybridized carbons (Fsp3) is 1.00. The lowest BCUT2D eigenvalue weighted by Gasteiger charge is -2.28. The summed E-state index contributed by atoms with van der Waals surface area (Å²) in [4.78, 5) is 1.75. The molecule has 0 unspecified atom stereocenters. The van der Waals surface area contributed by atoms with E-state index in [2.05, 4.69) is 19.6 Å². The van der Waals surface area contributed by atoms with Gasteiger partial charge in [-0.3, -0.25) is 0 Å². The van der Waals surface area contributed by atoms with E-state index < -0.39 is 0 Å². The summed E-state index contributed by atoms with van der Waals surface area (Å²) in [6.45, 7) is 8.43. The monoisotopic (exact) mass is 144 g/mol. The highest BCUT2D eigenvalue weighted by molar-refractivity contribution is 4.65. The largest absolute Gasteiger partial charge is 0.352 e. The Kier molecular flexibility index (Phi) is 2.32. The molecule has 2 nitrogen and oxygen atoms in total. The minimum absolute atomic E-state index is 0.427. The van der Waals surface area contributed by atoms with Gasteiger partial charge in [-0.2, -0.15) is 0 Å². The average Bonchev–Trinajstić information content (AvgIpc) is 2.38. The molecule has 0 radical (unpaired) electrons. The SMILES string of the molecule is CC(C)(C[NH3+])[NH+]1CCCC1. The molecule has 0 aromatic heterocycles. The third kappa shape index (κ3) is 1.50. The second kappa shape index (κ2) is 2.89. The fourth-order valence-corrected chi connectivity index (χ4v) is 1.66. The molecule has 0 aliphatic carbocycles. The van der Waals surface area contributed by atoms with Crippen LogP contribution in [0.25, 0.3) is 0 Å². The van der Waals surface area contributed by atoms with Gasteiger partial charge in [0.25, 0.3) is 0 Å². The van der Waals surface area contributed by atoms with E-state index in [0.29, 0.717) is 5.54 Å². The van der Waals surface area contributed by atoms with Crippen LogP contribution >= 0.6 is 0 Å². The van der Waals surface area contributed by atoms with E-state index in [1.807, 2.05) is 0 Å². The predicted molar refractivity (Wildman–Crippen MR) is 41.8 cm³/mol. The molecule has 0 aromatic carbocycles. The first-order valence-electron chi connectivity index (χ1n) is 4.31. The van der Waals surface area contributed by atoms with Crippen LogP contribution in [0.15, 0.2) is 0 Å². The van der Waals surface area contributed by atoms with Crippen LogP contribution in [0.5, 0.6) is 0 Å². The predicted octanol–water partition coefficient (Wildman–Crippen LogP) is -1.31. The quantitative estimate of drug-likeness (QED) is 0.482. The van der Waals surface area contributed by atoms with Crippen molar-refractivity contribution in [3.05, 3.63) is 0 Å². The smallest absolute Gasteiger partial charge is 0.141 e. The van der Waals surface area contributed by atoms with Gasteiger partial charge in [-0.1, -0.05) is 0 Å². The molecule has 1 rings (SSSR count). The van der Waals surface area contributed by atoms with Crippen molar-refractivity contribution in [1.82, 2.24) is 0 Å². The number of quaternary nitrogens is 2. The number of hydrogen-bond donors (Lipinski definition) is 2. The molecule has 0 bridgehead atoms. The molecule has 1 aliphatic heterocycles. The summed E-state index contributed by atoms with van der Waals surface area (Å²) in [6.07, 6.45) is 2.83. The zero-order valence-corrected chi connectivity index (χ0v) is 7.24. The molecule has 60 valence electrons. The molecule has 1 heterocycles. The van der Waals surface area contributed by atoms with Crippen molar-refractivity contribution in [2.45, 2.75) is 32.2 Å². The van der Waals surface area contributed by atoms with Crippen molar-refractivity contribution >= 4 is 0 Å². The Morgan fingerprint density at radius 2 is 1.80 bits per heavy atom. The Labute approximate surface area is 63.4 Å². The zero-order valence-electron chi connectivity index (χ0n) is 7.24. The first kappa shape index (κ1) is 8.02. The van der Waals surface area contributed by atoms with E-state index in [4.69, 9.17) is 0 Å². The van der Waals surface area contributed by atoms with E-state index in [9.17, 15) is 0 Å². The third-order valence-corrected chi connectivity index (χ3v) is 2.79. The Morgan fingerprint density at radius 3 is 2.20 bits per heavy atom. The zero-order chi connectivity index (χ0) is 7.61. The number of hydrogen-bond acceptors (Lipinski definition) is 0. The van der Waals surface area contributed by atoms with Gasteiger partial charge in [0.15, 0.2) is 0 Å². The summed E-state index contributed by atoms with van der Waals surface area (Å²) in [5.41, 5.74) is 4.41. The molecule has 0 amide bonds. The van der Waals surface area contributed by atoms with Gasteiger partial charge in [-0.05, 0) is 13.8 Å². The number of nitrogens with one attached hydrogen (secondary N) is 1. The molecule has 1 aliphatic rings. The van der Waals surface area contributed by atoms with Crippen LogP contribution in [0.3, 0.4) is 0 Å². The van der Waals surface area contributed by atoms with Crippen LogP contribution in [-0.2, 0) is 0 Å². The van der Waals surface area contributed by atoms with E-state index >= 15 is 0 Å². The maximum Gasteiger partial charge on any atom is 0.141 e. The van der Waals surface area contributed by atoms with Gasteiger partial charge >= 0.3 is 0 Å².